The molecule has 132 valence electrons. The van der Waals surface area contributed by atoms with Gasteiger partial charge < -0.3 is 0 Å². The van der Waals surface area contributed by atoms with Gasteiger partial charge in [-0.25, -0.2) is 0 Å². The Morgan fingerprint density at radius 3 is 1.41 bits per heavy atom. The number of pyridine rings is 1. The molecule has 0 radical (unpaired) electrons. The molecule has 0 N–H and O–H groups in total. The molecule has 0 aromatic carbocycles. The van der Waals surface area contributed by atoms with Crippen LogP contribution >= 0.6 is 0 Å². The Morgan fingerprint density at radius 1 is 0.818 bits per heavy atom. The molecule has 0 aliphatic rings. The smallest absolute Gasteiger partial charge is 0.0346 e. The highest BCUT2D eigenvalue weighted by atomic mass is 14.6. The summed E-state index contributed by atoms with van der Waals surface area (Å²) >= 11 is 0. The lowest BCUT2D eigenvalue weighted by Gasteiger charge is -2.02. The maximum absolute atomic E-state index is 4.04. The van der Waals surface area contributed by atoms with Crippen molar-refractivity contribution in [2.24, 2.45) is 0 Å². The Bertz CT molecular complexity index is 301. The van der Waals surface area contributed by atoms with Crippen LogP contribution in [0.3, 0.4) is 0 Å². The van der Waals surface area contributed by atoms with E-state index in [1.165, 1.54) is 6.42 Å². The molecule has 0 fully saturated rings. The van der Waals surface area contributed by atoms with Gasteiger partial charge in [-0.3, -0.25) is 4.98 Å². The molecule has 0 spiro atoms. The highest BCUT2D eigenvalue weighted by Gasteiger charge is 1.97. The van der Waals surface area contributed by atoms with E-state index in [9.17, 15) is 0 Å². The van der Waals surface area contributed by atoms with Crippen molar-refractivity contribution in [1.29, 1.82) is 0 Å². The monoisotopic (exact) mass is 309 g/mol. The van der Waals surface area contributed by atoms with Crippen LogP contribution in [-0.4, -0.2) is 4.98 Å². The highest BCUT2D eigenvalue weighted by molar-refractivity contribution is 5.64. The molecule has 0 aliphatic heterocycles. The molecule has 0 aliphatic carbocycles. The van der Waals surface area contributed by atoms with Crippen LogP contribution in [0.25, 0.3) is 12.2 Å². The van der Waals surface area contributed by atoms with Crippen molar-refractivity contribution < 1.29 is 0 Å². The molecule has 0 unspecified atom stereocenters. The quantitative estimate of drug-likeness (QED) is 0.536. The molecule has 0 atom stereocenters. The van der Waals surface area contributed by atoms with Gasteiger partial charge >= 0.3 is 0 Å². The van der Waals surface area contributed by atoms with Crippen LogP contribution in [0.2, 0.25) is 0 Å². The van der Waals surface area contributed by atoms with E-state index in [1.54, 1.807) is 12.3 Å². The van der Waals surface area contributed by atoms with Crippen LogP contribution in [0.4, 0.5) is 0 Å². The summed E-state index contributed by atoms with van der Waals surface area (Å²) in [5, 5.41) is 0. The Balaban J connectivity index is -0.0000000740. The molecule has 0 saturated carbocycles. The largest absolute Gasteiger partial charge is 0.264 e. The van der Waals surface area contributed by atoms with Gasteiger partial charge in [-0.05, 0) is 23.6 Å². The lowest BCUT2D eigenvalue weighted by molar-refractivity contribution is 1.09. The predicted molar refractivity (Wildman–Crippen MR) is 111 cm³/mol. The number of hydrogen-bond acceptors (Lipinski definition) is 1. The zero-order valence-electron chi connectivity index (χ0n) is 17.4. The summed E-state index contributed by atoms with van der Waals surface area (Å²) in [5.74, 6) is 0. The van der Waals surface area contributed by atoms with Gasteiger partial charge in [0.15, 0.2) is 0 Å². The molecule has 0 saturated heterocycles. The predicted octanol–water partition coefficient (Wildman–Crippen LogP) is 8.20. The minimum Gasteiger partial charge on any atom is -0.264 e. The van der Waals surface area contributed by atoms with Crippen molar-refractivity contribution in [2.75, 3.05) is 0 Å². The molecule has 0 amide bonds. The Hall–Kier alpha value is -1.37. The van der Waals surface area contributed by atoms with Gasteiger partial charge in [0.1, 0.15) is 0 Å². The molecule has 1 rings (SSSR count). The maximum Gasteiger partial charge on any atom is 0.0346 e. The molecular formula is C21H43N. The first kappa shape index (κ1) is 32.5. The van der Waals surface area contributed by atoms with E-state index in [0.717, 1.165) is 16.7 Å². The van der Waals surface area contributed by atoms with Crippen LogP contribution < -0.4 is 0 Å². The molecule has 1 heterocycles. The molecule has 1 nitrogen and oxygen atoms in total. The number of hydrogen-bond donors (Lipinski definition) is 0. The van der Waals surface area contributed by atoms with Crippen molar-refractivity contribution in [3.63, 3.8) is 0 Å². The zero-order valence-corrected chi connectivity index (χ0v) is 17.4. The maximum atomic E-state index is 4.04. The second-order valence-electron chi connectivity index (χ2n) is 3.07. The highest BCUT2D eigenvalue weighted by Crippen LogP contribution is 2.14. The van der Waals surface area contributed by atoms with Gasteiger partial charge in [-0.2, -0.15) is 0 Å². The molecule has 22 heavy (non-hydrogen) atoms. The van der Waals surface area contributed by atoms with E-state index in [-0.39, 0.29) is 0 Å². The summed E-state index contributed by atoms with van der Waals surface area (Å²) < 4.78 is 0. The first-order chi connectivity index (χ1) is 10.7. The molecular weight excluding hydrogens is 266 g/mol. The van der Waals surface area contributed by atoms with Crippen molar-refractivity contribution in [3.8, 4) is 0 Å². The van der Waals surface area contributed by atoms with Gasteiger partial charge in [-0.15, -0.1) is 0 Å². The summed E-state index contributed by atoms with van der Waals surface area (Å²) in [6.07, 6.45) is 8.48. The average molecular weight is 310 g/mol. The fourth-order valence-corrected chi connectivity index (χ4v) is 1.04. The average Bonchev–Trinajstić information content (AvgIpc) is 2.62. The first-order valence-corrected chi connectivity index (χ1v) is 8.90. The first-order valence-electron chi connectivity index (χ1n) is 8.90. The Morgan fingerprint density at radius 2 is 1.18 bits per heavy atom. The van der Waals surface area contributed by atoms with Crippen molar-refractivity contribution in [1.82, 2.24) is 4.98 Å². The van der Waals surface area contributed by atoms with Crippen LogP contribution in [0.5, 0.6) is 0 Å². The summed E-state index contributed by atoms with van der Waals surface area (Å²) in [4.78, 5) is 4.04. The summed E-state index contributed by atoms with van der Waals surface area (Å²) in [5.41, 5.74) is 3.30. The molecule has 1 heteroatoms. The van der Waals surface area contributed by atoms with E-state index in [0.29, 0.717) is 0 Å². The van der Waals surface area contributed by atoms with E-state index in [4.69, 9.17) is 0 Å². The van der Waals surface area contributed by atoms with Crippen LogP contribution in [0.15, 0.2) is 25.6 Å². The molecule has 1 aromatic rings. The van der Waals surface area contributed by atoms with Gasteiger partial charge in [0.2, 0.25) is 0 Å². The second kappa shape index (κ2) is 36.7. The summed E-state index contributed by atoms with van der Waals surface area (Å²) in [7, 11) is 0. The van der Waals surface area contributed by atoms with Crippen LogP contribution in [0, 0.1) is 6.92 Å². The lowest BCUT2D eigenvalue weighted by Crippen LogP contribution is -1.87. The topological polar surface area (TPSA) is 12.9 Å². The van der Waals surface area contributed by atoms with E-state index in [2.05, 4.69) is 32.0 Å². The van der Waals surface area contributed by atoms with Crippen LogP contribution in [0.1, 0.15) is 92.3 Å². The van der Waals surface area contributed by atoms with Crippen molar-refractivity contribution >= 4 is 12.2 Å². The minimum atomic E-state index is 1.04. The van der Waals surface area contributed by atoms with Crippen LogP contribution in [-0.2, 0) is 0 Å². The van der Waals surface area contributed by atoms with Gasteiger partial charge in [-0.1, -0.05) is 101 Å². The van der Waals surface area contributed by atoms with E-state index in [1.807, 2.05) is 74.6 Å². The zero-order chi connectivity index (χ0) is 19.0. The Kier molecular flexibility index (Phi) is 54.2. The fraction of sp³-hybridized carbons (Fsp3) is 0.571. The third-order valence-corrected chi connectivity index (χ3v) is 1.64. The summed E-state index contributed by atoms with van der Waals surface area (Å²) in [6, 6.07) is 0. The minimum absolute atomic E-state index is 1.04. The number of aryl methyl sites for hydroxylation is 1. The van der Waals surface area contributed by atoms with Gasteiger partial charge in [0.25, 0.3) is 0 Å². The van der Waals surface area contributed by atoms with Crippen molar-refractivity contribution in [2.45, 2.75) is 82.6 Å². The third-order valence-electron chi connectivity index (χ3n) is 1.64. The third kappa shape index (κ3) is 20.9. The lowest BCUT2D eigenvalue weighted by atomic mass is 10.1. The normalized spacial score (nSPS) is 6.50. The van der Waals surface area contributed by atoms with E-state index >= 15 is 0 Å². The van der Waals surface area contributed by atoms with Crippen molar-refractivity contribution in [3.05, 3.63) is 42.2 Å². The van der Waals surface area contributed by atoms with Gasteiger partial charge in [0, 0.05) is 12.4 Å². The van der Waals surface area contributed by atoms with Gasteiger partial charge in [0.05, 0.1) is 0 Å². The Labute approximate surface area is 142 Å². The number of nitrogens with zero attached hydrogens (tertiary/aromatic N) is 1. The SMILES string of the molecule is C=Cc1cncc(C)c1C=C.CC.CC.CC.CC.CCC. The molecule has 0 bridgehead atoms. The standard InChI is InChI=1S/C10H11N.C3H8.4C2H6/c1-4-9-7-11-6-8(3)10(9)5-2;1-3-2;4*1-2/h4-7H,1-2H2,3H3;3H2,1-2H3;4*1-2H3. The number of aromatic nitrogens is 1. The van der Waals surface area contributed by atoms with E-state index < -0.39 is 0 Å². The second-order valence-corrected chi connectivity index (χ2v) is 3.07. The molecule has 1 aromatic heterocycles. The summed E-state index contributed by atoms with van der Waals surface area (Å²) in [6.45, 7) is 29.7. The fourth-order valence-electron chi connectivity index (χ4n) is 1.04. The number of rotatable bonds is 2.